The van der Waals surface area contributed by atoms with Crippen molar-refractivity contribution in [3.63, 3.8) is 0 Å². The first-order valence-electron chi connectivity index (χ1n) is 5.87. The van der Waals surface area contributed by atoms with E-state index in [9.17, 15) is 5.26 Å². The molecule has 1 fully saturated rings. The highest BCUT2D eigenvalue weighted by Crippen LogP contribution is 2.48. The van der Waals surface area contributed by atoms with Gasteiger partial charge in [0, 0.05) is 0 Å². The number of nitrogens with zero attached hydrogens (tertiary/aromatic N) is 1. The van der Waals surface area contributed by atoms with Crippen molar-refractivity contribution in [3.05, 3.63) is 29.8 Å². The summed E-state index contributed by atoms with van der Waals surface area (Å²) in [5.74, 6) is 1.35. The Labute approximate surface area is 96.9 Å². The van der Waals surface area contributed by atoms with E-state index in [1.54, 1.807) is 0 Å². The van der Waals surface area contributed by atoms with Crippen LogP contribution in [0.1, 0.15) is 32.3 Å². The first kappa shape index (κ1) is 11.0. The third kappa shape index (κ3) is 1.57. The molecule has 16 heavy (non-hydrogen) atoms. The Morgan fingerprint density at radius 3 is 2.50 bits per heavy atom. The Morgan fingerprint density at radius 1 is 1.44 bits per heavy atom. The third-order valence-electron chi connectivity index (χ3n) is 3.69. The summed E-state index contributed by atoms with van der Waals surface area (Å²) in [5.41, 5.74) is 0.891. The summed E-state index contributed by atoms with van der Waals surface area (Å²) < 4.78 is 5.40. The highest BCUT2D eigenvalue weighted by Gasteiger charge is 2.45. The molecule has 1 aromatic rings. The summed E-state index contributed by atoms with van der Waals surface area (Å²) in [5, 5.41) is 9.35. The van der Waals surface area contributed by atoms with Crippen molar-refractivity contribution in [1.29, 1.82) is 5.26 Å². The second-order valence-corrected chi connectivity index (χ2v) is 4.48. The van der Waals surface area contributed by atoms with Crippen LogP contribution in [-0.4, -0.2) is 6.61 Å². The zero-order valence-electron chi connectivity index (χ0n) is 9.86. The maximum atomic E-state index is 9.35. The van der Waals surface area contributed by atoms with Gasteiger partial charge in [-0.25, -0.2) is 0 Å². The largest absolute Gasteiger partial charge is 0.494 e. The van der Waals surface area contributed by atoms with Gasteiger partial charge < -0.3 is 4.74 Å². The van der Waals surface area contributed by atoms with Crippen LogP contribution >= 0.6 is 0 Å². The van der Waals surface area contributed by atoms with Crippen LogP contribution in [0.3, 0.4) is 0 Å². The molecule has 0 radical (unpaired) electrons. The molecule has 0 aliphatic heterocycles. The number of rotatable bonds is 3. The number of hydrogen-bond donors (Lipinski definition) is 0. The molecule has 2 rings (SSSR count). The van der Waals surface area contributed by atoms with Crippen molar-refractivity contribution < 1.29 is 4.74 Å². The van der Waals surface area contributed by atoms with E-state index in [2.05, 4.69) is 13.0 Å². The van der Waals surface area contributed by atoms with E-state index >= 15 is 0 Å². The van der Waals surface area contributed by atoms with Gasteiger partial charge in [0.2, 0.25) is 0 Å². The van der Waals surface area contributed by atoms with Crippen LogP contribution in [0.15, 0.2) is 24.3 Å². The molecule has 0 saturated heterocycles. The van der Waals surface area contributed by atoms with Gasteiger partial charge in [-0.2, -0.15) is 5.26 Å². The number of benzene rings is 1. The van der Waals surface area contributed by atoms with Crippen LogP contribution in [0.25, 0.3) is 0 Å². The molecule has 0 N–H and O–H groups in total. The molecule has 0 amide bonds. The zero-order valence-corrected chi connectivity index (χ0v) is 9.86. The van der Waals surface area contributed by atoms with Crippen molar-refractivity contribution in [2.24, 2.45) is 5.92 Å². The summed E-state index contributed by atoms with van der Waals surface area (Å²) in [4.78, 5) is 0. The van der Waals surface area contributed by atoms with Gasteiger partial charge in [0.25, 0.3) is 0 Å². The van der Waals surface area contributed by atoms with Crippen LogP contribution in [-0.2, 0) is 5.41 Å². The minimum Gasteiger partial charge on any atom is -0.494 e. The molecule has 2 unspecified atom stereocenters. The van der Waals surface area contributed by atoms with E-state index < -0.39 is 0 Å². The van der Waals surface area contributed by atoms with Gasteiger partial charge in [0.1, 0.15) is 5.75 Å². The second-order valence-electron chi connectivity index (χ2n) is 4.48. The Kier molecular flexibility index (Phi) is 2.87. The standard InChI is InChI=1S/C14H17NO/c1-3-16-13-6-4-12(5-7-13)14(10-15)9-8-11(14)2/h4-7,11H,3,8-9H2,1-2H3. The lowest BCUT2D eigenvalue weighted by Gasteiger charge is -2.42. The average molecular weight is 215 g/mol. The van der Waals surface area contributed by atoms with Crippen molar-refractivity contribution in [1.82, 2.24) is 0 Å². The monoisotopic (exact) mass is 215 g/mol. The molecule has 0 bridgehead atoms. The van der Waals surface area contributed by atoms with Gasteiger partial charge >= 0.3 is 0 Å². The molecule has 2 atom stereocenters. The van der Waals surface area contributed by atoms with Gasteiger partial charge in [-0.1, -0.05) is 19.1 Å². The number of ether oxygens (including phenoxy) is 1. The molecule has 1 aliphatic rings. The molecule has 84 valence electrons. The summed E-state index contributed by atoms with van der Waals surface area (Å²) in [6.45, 7) is 4.81. The Hall–Kier alpha value is -1.49. The molecular weight excluding hydrogens is 198 g/mol. The van der Waals surface area contributed by atoms with Crippen LogP contribution < -0.4 is 4.74 Å². The van der Waals surface area contributed by atoms with Gasteiger partial charge in [-0.15, -0.1) is 0 Å². The summed E-state index contributed by atoms with van der Waals surface area (Å²) >= 11 is 0. The van der Waals surface area contributed by atoms with E-state index in [-0.39, 0.29) is 5.41 Å². The summed E-state index contributed by atoms with van der Waals surface area (Å²) in [6, 6.07) is 10.5. The lowest BCUT2D eigenvalue weighted by atomic mass is 9.58. The fraction of sp³-hybridized carbons (Fsp3) is 0.500. The van der Waals surface area contributed by atoms with Crippen LogP contribution in [0.4, 0.5) is 0 Å². The molecule has 1 saturated carbocycles. The van der Waals surface area contributed by atoms with Crippen molar-refractivity contribution >= 4 is 0 Å². The normalized spacial score (nSPS) is 27.9. The molecule has 0 heterocycles. The van der Waals surface area contributed by atoms with E-state index in [4.69, 9.17) is 4.74 Å². The topological polar surface area (TPSA) is 33.0 Å². The third-order valence-corrected chi connectivity index (χ3v) is 3.69. The minimum atomic E-state index is -0.245. The number of nitriles is 1. The van der Waals surface area contributed by atoms with Crippen molar-refractivity contribution in [2.75, 3.05) is 6.61 Å². The zero-order chi connectivity index (χ0) is 11.6. The summed E-state index contributed by atoms with van der Waals surface area (Å²) in [7, 11) is 0. The van der Waals surface area contributed by atoms with E-state index in [0.29, 0.717) is 12.5 Å². The highest BCUT2D eigenvalue weighted by molar-refractivity contribution is 5.39. The minimum absolute atomic E-state index is 0.245. The second kappa shape index (κ2) is 4.17. The van der Waals surface area contributed by atoms with Crippen LogP contribution in [0, 0.1) is 17.2 Å². The van der Waals surface area contributed by atoms with E-state index in [1.165, 1.54) is 0 Å². The Bertz CT molecular complexity index is 404. The molecule has 2 nitrogen and oxygen atoms in total. The maximum Gasteiger partial charge on any atom is 0.119 e. The van der Waals surface area contributed by atoms with Crippen molar-refractivity contribution in [3.8, 4) is 11.8 Å². The fourth-order valence-corrected chi connectivity index (χ4v) is 2.40. The molecule has 2 heteroatoms. The quantitative estimate of drug-likeness (QED) is 0.775. The van der Waals surface area contributed by atoms with E-state index in [0.717, 1.165) is 24.2 Å². The van der Waals surface area contributed by atoms with Gasteiger partial charge in [-0.05, 0) is 43.4 Å². The maximum absolute atomic E-state index is 9.35. The van der Waals surface area contributed by atoms with Gasteiger partial charge in [0.15, 0.2) is 0 Å². The Balaban J connectivity index is 2.25. The molecular formula is C14H17NO. The predicted molar refractivity (Wildman–Crippen MR) is 63.3 cm³/mol. The van der Waals surface area contributed by atoms with Crippen molar-refractivity contribution in [2.45, 2.75) is 32.1 Å². The summed E-state index contributed by atoms with van der Waals surface area (Å²) in [6.07, 6.45) is 2.14. The molecule has 1 aliphatic carbocycles. The van der Waals surface area contributed by atoms with Crippen LogP contribution in [0.5, 0.6) is 5.75 Å². The fourth-order valence-electron chi connectivity index (χ4n) is 2.40. The lowest BCUT2D eigenvalue weighted by Crippen LogP contribution is -2.41. The predicted octanol–water partition coefficient (Wildman–Crippen LogP) is 3.28. The van der Waals surface area contributed by atoms with Crippen LogP contribution in [0.2, 0.25) is 0 Å². The average Bonchev–Trinajstić information content (AvgIpc) is 2.31. The molecule has 1 aromatic carbocycles. The van der Waals surface area contributed by atoms with Gasteiger partial charge in [-0.3, -0.25) is 0 Å². The SMILES string of the molecule is CCOc1ccc(C2(C#N)CCC2C)cc1. The lowest BCUT2D eigenvalue weighted by molar-refractivity contribution is 0.201. The first-order chi connectivity index (χ1) is 7.73. The molecule has 0 spiro atoms. The molecule has 0 aromatic heterocycles. The Morgan fingerprint density at radius 2 is 2.12 bits per heavy atom. The highest BCUT2D eigenvalue weighted by atomic mass is 16.5. The first-order valence-corrected chi connectivity index (χ1v) is 5.87. The van der Waals surface area contributed by atoms with Gasteiger partial charge in [0.05, 0.1) is 18.1 Å². The van der Waals surface area contributed by atoms with E-state index in [1.807, 2.05) is 31.2 Å². The number of hydrogen-bond acceptors (Lipinski definition) is 2. The smallest absolute Gasteiger partial charge is 0.119 e.